The van der Waals surface area contributed by atoms with Gasteiger partial charge in [-0.2, -0.15) is 11.8 Å². The molecule has 0 aromatic carbocycles. The topological polar surface area (TPSA) is 37.8 Å². The molecule has 0 bridgehead atoms. The highest BCUT2D eigenvalue weighted by atomic mass is 32.2. The van der Waals surface area contributed by atoms with E-state index in [1.54, 1.807) is 0 Å². The second kappa shape index (κ2) is 5.57. The smallest absolute Gasteiger partial charge is 0.141 e. The summed E-state index contributed by atoms with van der Waals surface area (Å²) in [7, 11) is 0. The zero-order valence-corrected chi connectivity index (χ0v) is 11.8. The molecule has 98 valence electrons. The van der Waals surface area contributed by atoms with E-state index in [-0.39, 0.29) is 0 Å². The summed E-state index contributed by atoms with van der Waals surface area (Å²) in [5.41, 5.74) is 2.27. The SMILES string of the molecule is Cc1cc(CNC2CC2)nc(C2CCCCS2)n1. The number of nitrogens with zero attached hydrogens (tertiary/aromatic N) is 2. The molecule has 1 aromatic heterocycles. The molecule has 18 heavy (non-hydrogen) atoms. The van der Waals surface area contributed by atoms with Gasteiger partial charge in [0, 0.05) is 18.3 Å². The molecule has 4 heteroatoms. The van der Waals surface area contributed by atoms with Gasteiger partial charge in [-0.3, -0.25) is 0 Å². The monoisotopic (exact) mass is 263 g/mol. The highest BCUT2D eigenvalue weighted by Gasteiger charge is 2.22. The Bertz CT molecular complexity index is 412. The van der Waals surface area contributed by atoms with Gasteiger partial charge in [-0.25, -0.2) is 9.97 Å². The molecule has 1 unspecified atom stereocenters. The van der Waals surface area contributed by atoms with Crippen molar-refractivity contribution in [2.45, 2.75) is 56.9 Å². The van der Waals surface area contributed by atoms with Gasteiger partial charge in [0.1, 0.15) is 5.82 Å². The Morgan fingerprint density at radius 2 is 2.17 bits per heavy atom. The lowest BCUT2D eigenvalue weighted by Gasteiger charge is -2.20. The van der Waals surface area contributed by atoms with E-state index in [1.165, 1.54) is 37.9 Å². The minimum atomic E-state index is 0.526. The van der Waals surface area contributed by atoms with E-state index in [1.807, 2.05) is 11.8 Å². The molecule has 2 fully saturated rings. The lowest BCUT2D eigenvalue weighted by Crippen LogP contribution is -2.18. The van der Waals surface area contributed by atoms with Gasteiger partial charge in [-0.15, -0.1) is 0 Å². The summed E-state index contributed by atoms with van der Waals surface area (Å²) in [6.45, 7) is 2.98. The highest BCUT2D eigenvalue weighted by molar-refractivity contribution is 7.99. The van der Waals surface area contributed by atoms with Crippen LogP contribution in [0.15, 0.2) is 6.07 Å². The van der Waals surface area contributed by atoms with Crippen molar-refractivity contribution in [2.24, 2.45) is 0 Å². The number of rotatable bonds is 4. The number of nitrogens with one attached hydrogen (secondary N) is 1. The lowest BCUT2D eigenvalue weighted by atomic mass is 10.1. The van der Waals surface area contributed by atoms with E-state index >= 15 is 0 Å². The molecule has 2 aliphatic rings. The van der Waals surface area contributed by atoms with Gasteiger partial charge in [-0.05, 0) is 44.4 Å². The molecule has 0 amide bonds. The molecule has 0 radical (unpaired) electrons. The van der Waals surface area contributed by atoms with E-state index < -0.39 is 0 Å². The van der Waals surface area contributed by atoms with Crippen molar-refractivity contribution < 1.29 is 0 Å². The summed E-state index contributed by atoms with van der Waals surface area (Å²) in [6.07, 6.45) is 6.57. The first-order valence-electron chi connectivity index (χ1n) is 7.01. The molecule has 2 heterocycles. The number of thioether (sulfide) groups is 1. The summed E-state index contributed by atoms with van der Waals surface area (Å²) in [4.78, 5) is 9.40. The number of aryl methyl sites for hydroxylation is 1. The zero-order valence-electron chi connectivity index (χ0n) is 11.0. The molecular formula is C14H21N3S. The van der Waals surface area contributed by atoms with Crippen molar-refractivity contribution in [2.75, 3.05) is 5.75 Å². The van der Waals surface area contributed by atoms with Crippen LogP contribution >= 0.6 is 11.8 Å². The summed E-state index contributed by atoms with van der Waals surface area (Å²) in [6, 6.07) is 2.86. The molecule has 1 saturated carbocycles. The molecule has 1 N–H and O–H groups in total. The zero-order chi connectivity index (χ0) is 12.4. The normalized spacial score (nSPS) is 24.2. The van der Waals surface area contributed by atoms with E-state index in [0.29, 0.717) is 5.25 Å². The Labute approximate surface area is 113 Å². The number of aromatic nitrogens is 2. The molecule has 3 nitrogen and oxygen atoms in total. The second-order valence-electron chi connectivity index (χ2n) is 5.37. The van der Waals surface area contributed by atoms with Crippen LogP contribution in [-0.4, -0.2) is 21.8 Å². The first-order chi connectivity index (χ1) is 8.81. The van der Waals surface area contributed by atoms with Gasteiger partial charge in [0.25, 0.3) is 0 Å². The van der Waals surface area contributed by atoms with Crippen LogP contribution in [0, 0.1) is 6.92 Å². The number of hydrogen-bond donors (Lipinski definition) is 1. The van der Waals surface area contributed by atoms with Gasteiger partial charge in [0.2, 0.25) is 0 Å². The van der Waals surface area contributed by atoms with Crippen molar-refractivity contribution in [3.8, 4) is 0 Å². The molecule has 0 spiro atoms. The molecule has 1 aliphatic carbocycles. The summed E-state index contributed by atoms with van der Waals surface area (Å²) in [5.74, 6) is 2.32. The average molecular weight is 263 g/mol. The van der Waals surface area contributed by atoms with Crippen molar-refractivity contribution >= 4 is 11.8 Å². The van der Waals surface area contributed by atoms with Crippen LogP contribution in [0.3, 0.4) is 0 Å². The third-order valence-corrected chi connectivity index (χ3v) is 4.91. The Morgan fingerprint density at radius 3 is 2.89 bits per heavy atom. The quantitative estimate of drug-likeness (QED) is 0.906. The van der Waals surface area contributed by atoms with Crippen molar-refractivity contribution in [3.63, 3.8) is 0 Å². The van der Waals surface area contributed by atoms with Gasteiger partial charge < -0.3 is 5.32 Å². The maximum atomic E-state index is 4.76. The Kier molecular flexibility index (Phi) is 3.85. The molecule has 1 saturated heterocycles. The molecule has 3 rings (SSSR count). The van der Waals surface area contributed by atoms with E-state index in [2.05, 4.69) is 23.3 Å². The first-order valence-corrected chi connectivity index (χ1v) is 8.05. The largest absolute Gasteiger partial charge is 0.308 e. The van der Waals surface area contributed by atoms with Crippen LogP contribution in [0.2, 0.25) is 0 Å². The van der Waals surface area contributed by atoms with E-state index in [9.17, 15) is 0 Å². The Hall–Kier alpha value is -0.610. The van der Waals surface area contributed by atoms with Gasteiger partial charge in [-0.1, -0.05) is 6.42 Å². The standard InChI is InChI=1S/C14H21N3S/c1-10-8-12(9-15-11-5-6-11)17-14(16-10)13-4-2-3-7-18-13/h8,11,13,15H,2-7,9H2,1H3. The van der Waals surface area contributed by atoms with Crippen LogP contribution in [-0.2, 0) is 6.54 Å². The Balaban J connectivity index is 1.71. The third kappa shape index (κ3) is 3.23. The lowest BCUT2D eigenvalue weighted by molar-refractivity contribution is 0.638. The van der Waals surface area contributed by atoms with Crippen LogP contribution < -0.4 is 5.32 Å². The van der Waals surface area contributed by atoms with Crippen LogP contribution in [0.1, 0.15) is 54.6 Å². The average Bonchev–Trinajstić information content (AvgIpc) is 3.21. The summed E-state index contributed by atoms with van der Waals surface area (Å²) < 4.78 is 0. The first kappa shape index (κ1) is 12.4. The predicted octanol–water partition coefficient (Wildman–Crippen LogP) is 3.00. The number of hydrogen-bond acceptors (Lipinski definition) is 4. The van der Waals surface area contributed by atoms with Gasteiger partial charge >= 0.3 is 0 Å². The second-order valence-corrected chi connectivity index (χ2v) is 6.68. The maximum absolute atomic E-state index is 4.76. The minimum absolute atomic E-state index is 0.526. The van der Waals surface area contributed by atoms with E-state index in [0.717, 1.165) is 29.8 Å². The third-order valence-electron chi connectivity index (χ3n) is 3.54. The fraction of sp³-hybridized carbons (Fsp3) is 0.714. The fourth-order valence-corrected chi connectivity index (χ4v) is 3.62. The van der Waals surface area contributed by atoms with Gasteiger partial charge in [0.15, 0.2) is 0 Å². The predicted molar refractivity (Wildman–Crippen MR) is 75.7 cm³/mol. The van der Waals surface area contributed by atoms with Crippen LogP contribution in [0.25, 0.3) is 0 Å². The molecular weight excluding hydrogens is 242 g/mol. The van der Waals surface area contributed by atoms with Crippen molar-refractivity contribution in [1.82, 2.24) is 15.3 Å². The van der Waals surface area contributed by atoms with Crippen molar-refractivity contribution in [1.29, 1.82) is 0 Å². The van der Waals surface area contributed by atoms with E-state index in [4.69, 9.17) is 4.98 Å². The molecule has 1 atom stereocenters. The summed E-state index contributed by atoms with van der Waals surface area (Å²) in [5, 5.41) is 4.06. The minimum Gasteiger partial charge on any atom is -0.308 e. The maximum Gasteiger partial charge on any atom is 0.141 e. The molecule has 1 aromatic rings. The van der Waals surface area contributed by atoms with Crippen molar-refractivity contribution in [3.05, 3.63) is 23.3 Å². The highest BCUT2D eigenvalue weighted by Crippen LogP contribution is 2.36. The van der Waals surface area contributed by atoms with Crippen LogP contribution in [0.4, 0.5) is 0 Å². The Morgan fingerprint density at radius 1 is 1.28 bits per heavy atom. The summed E-state index contributed by atoms with van der Waals surface area (Å²) >= 11 is 2.03. The van der Waals surface area contributed by atoms with Crippen LogP contribution in [0.5, 0.6) is 0 Å². The molecule has 1 aliphatic heterocycles. The van der Waals surface area contributed by atoms with Gasteiger partial charge in [0.05, 0.1) is 10.9 Å². The fourth-order valence-electron chi connectivity index (χ4n) is 2.37.